The molecule has 3 N–H and O–H groups in total. The maximum atomic E-state index is 11.8. The van der Waals surface area contributed by atoms with Crippen LogP contribution in [0.1, 0.15) is 24.2 Å². The minimum Gasteiger partial charge on any atom is -0.480 e. The van der Waals surface area contributed by atoms with Gasteiger partial charge in [0.15, 0.2) is 0 Å². The van der Waals surface area contributed by atoms with Crippen molar-refractivity contribution in [2.24, 2.45) is 0 Å². The average Bonchev–Trinajstić information content (AvgIpc) is 2.46. The number of carbonyl (C=O) groups is 3. The number of hydrogen-bond acceptors (Lipinski definition) is 4. The Hall–Kier alpha value is -2.02. The molecule has 2 atom stereocenters. The zero-order chi connectivity index (χ0) is 16.0. The summed E-state index contributed by atoms with van der Waals surface area (Å²) in [7, 11) is 0. The molecule has 6 nitrogen and oxygen atoms in total. The van der Waals surface area contributed by atoms with Crippen LogP contribution < -0.4 is 10.6 Å². The molecule has 1 aromatic rings. The molecule has 0 fully saturated rings. The summed E-state index contributed by atoms with van der Waals surface area (Å²) < 4.78 is 0. The summed E-state index contributed by atoms with van der Waals surface area (Å²) in [5.74, 6) is -1.68. The molecule has 0 aliphatic rings. The molecular weight excluding hydrogens is 292 g/mol. The molecular formula is C14H18N2O4S. The van der Waals surface area contributed by atoms with Crippen LogP contribution in [0.5, 0.6) is 0 Å². The van der Waals surface area contributed by atoms with Crippen LogP contribution in [-0.4, -0.2) is 40.4 Å². The molecule has 0 aliphatic carbocycles. The lowest BCUT2D eigenvalue weighted by molar-refractivity contribution is -0.138. The van der Waals surface area contributed by atoms with E-state index in [0.717, 1.165) is 0 Å². The van der Waals surface area contributed by atoms with E-state index in [1.54, 1.807) is 19.1 Å². The molecule has 0 spiro atoms. The van der Waals surface area contributed by atoms with Crippen LogP contribution in [0.4, 0.5) is 5.69 Å². The molecule has 21 heavy (non-hydrogen) atoms. The van der Waals surface area contributed by atoms with Crippen molar-refractivity contribution in [3.05, 3.63) is 29.8 Å². The van der Waals surface area contributed by atoms with Gasteiger partial charge in [0.05, 0.1) is 5.25 Å². The summed E-state index contributed by atoms with van der Waals surface area (Å²) in [5.41, 5.74) is 0.919. The molecule has 0 bridgehead atoms. The number of hydrogen-bond donors (Lipinski definition) is 3. The Balaban J connectivity index is 2.67. The topological polar surface area (TPSA) is 95.5 Å². The summed E-state index contributed by atoms with van der Waals surface area (Å²) in [6, 6.07) is 5.31. The zero-order valence-corrected chi connectivity index (χ0v) is 12.9. The van der Waals surface area contributed by atoms with Crippen LogP contribution in [0.15, 0.2) is 24.3 Å². The maximum absolute atomic E-state index is 11.8. The van der Waals surface area contributed by atoms with E-state index in [-0.39, 0.29) is 11.2 Å². The number of benzene rings is 1. The van der Waals surface area contributed by atoms with Crippen molar-refractivity contribution in [2.45, 2.75) is 25.1 Å². The Morgan fingerprint density at radius 1 is 1.14 bits per heavy atom. The third-order valence-corrected chi connectivity index (χ3v) is 3.78. The average molecular weight is 310 g/mol. The first-order chi connectivity index (χ1) is 9.85. The highest BCUT2D eigenvalue weighted by Gasteiger charge is 2.15. The van der Waals surface area contributed by atoms with E-state index in [9.17, 15) is 14.4 Å². The van der Waals surface area contributed by atoms with Crippen LogP contribution >= 0.6 is 11.8 Å². The Bertz CT molecular complexity index is 530. The number of carboxylic acids is 1. The van der Waals surface area contributed by atoms with Crippen molar-refractivity contribution in [2.75, 3.05) is 11.6 Å². The largest absolute Gasteiger partial charge is 0.480 e. The standard InChI is InChI=1S/C14H18N2O4S/c1-8(14(19)20)15-13(18)10-4-6-11(7-5-10)16-12(17)9(2)21-3/h4-9H,1-3H3,(H,15,18)(H,16,17)(H,19,20). The van der Waals surface area contributed by atoms with Crippen molar-refractivity contribution < 1.29 is 19.5 Å². The number of carbonyl (C=O) groups excluding carboxylic acids is 2. The molecule has 0 heterocycles. The molecule has 0 saturated carbocycles. The highest BCUT2D eigenvalue weighted by molar-refractivity contribution is 7.99. The summed E-state index contributed by atoms with van der Waals surface area (Å²) >= 11 is 1.44. The van der Waals surface area contributed by atoms with E-state index < -0.39 is 17.9 Å². The van der Waals surface area contributed by atoms with Crippen LogP contribution in [-0.2, 0) is 9.59 Å². The van der Waals surface area contributed by atoms with Gasteiger partial charge in [-0.2, -0.15) is 11.8 Å². The van der Waals surface area contributed by atoms with Crippen LogP contribution in [0.3, 0.4) is 0 Å². The summed E-state index contributed by atoms with van der Waals surface area (Å²) in [5, 5.41) is 13.7. The Morgan fingerprint density at radius 2 is 1.71 bits per heavy atom. The number of anilines is 1. The maximum Gasteiger partial charge on any atom is 0.325 e. The minimum atomic E-state index is -1.10. The molecule has 0 saturated heterocycles. The smallest absolute Gasteiger partial charge is 0.325 e. The SMILES string of the molecule is CSC(C)C(=O)Nc1ccc(C(=O)NC(C)C(=O)O)cc1. The molecule has 7 heteroatoms. The van der Waals surface area contributed by atoms with Crippen molar-refractivity contribution in [3.8, 4) is 0 Å². The summed E-state index contributed by atoms with van der Waals surface area (Å²) in [6.45, 7) is 3.19. The first kappa shape index (κ1) is 17.0. The molecule has 2 unspecified atom stereocenters. The van der Waals surface area contributed by atoms with Gasteiger partial charge in [0.25, 0.3) is 5.91 Å². The van der Waals surface area contributed by atoms with Gasteiger partial charge in [-0.1, -0.05) is 0 Å². The highest BCUT2D eigenvalue weighted by Crippen LogP contribution is 2.13. The van der Waals surface area contributed by atoms with Gasteiger partial charge in [0.1, 0.15) is 6.04 Å². The predicted molar refractivity (Wildman–Crippen MR) is 82.6 cm³/mol. The van der Waals surface area contributed by atoms with Gasteiger partial charge in [-0.3, -0.25) is 14.4 Å². The quantitative estimate of drug-likeness (QED) is 0.741. The van der Waals surface area contributed by atoms with E-state index in [0.29, 0.717) is 11.3 Å². The van der Waals surface area contributed by atoms with Gasteiger partial charge in [-0.15, -0.1) is 0 Å². The predicted octanol–water partition coefficient (Wildman–Crippen LogP) is 1.58. The zero-order valence-electron chi connectivity index (χ0n) is 12.0. The van der Waals surface area contributed by atoms with Crippen LogP contribution in [0.25, 0.3) is 0 Å². The third kappa shape index (κ3) is 5.11. The number of thioether (sulfide) groups is 1. The van der Waals surface area contributed by atoms with Crippen molar-refractivity contribution in [1.82, 2.24) is 5.32 Å². The monoisotopic (exact) mass is 310 g/mol. The summed E-state index contributed by atoms with van der Waals surface area (Å²) in [6.07, 6.45) is 1.85. The van der Waals surface area contributed by atoms with Crippen molar-refractivity contribution in [3.63, 3.8) is 0 Å². The lowest BCUT2D eigenvalue weighted by atomic mass is 10.2. The molecule has 2 amide bonds. The third-order valence-electron chi connectivity index (χ3n) is 2.86. The fraction of sp³-hybridized carbons (Fsp3) is 0.357. The van der Waals surface area contributed by atoms with Gasteiger partial charge >= 0.3 is 5.97 Å². The second-order valence-corrected chi connectivity index (χ2v) is 5.66. The van der Waals surface area contributed by atoms with Gasteiger partial charge in [0.2, 0.25) is 5.91 Å². The molecule has 0 radical (unpaired) electrons. The van der Waals surface area contributed by atoms with Gasteiger partial charge < -0.3 is 15.7 Å². The first-order valence-electron chi connectivity index (χ1n) is 6.32. The Labute approximate surface area is 127 Å². The highest BCUT2D eigenvalue weighted by atomic mass is 32.2. The first-order valence-corrected chi connectivity index (χ1v) is 7.61. The van der Waals surface area contributed by atoms with Crippen LogP contribution in [0, 0.1) is 0 Å². The van der Waals surface area contributed by atoms with Crippen molar-refractivity contribution in [1.29, 1.82) is 0 Å². The number of amides is 2. The number of nitrogens with one attached hydrogen (secondary N) is 2. The van der Waals surface area contributed by atoms with E-state index in [1.165, 1.54) is 30.8 Å². The van der Waals surface area contributed by atoms with Gasteiger partial charge in [0, 0.05) is 11.3 Å². The fourth-order valence-corrected chi connectivity index (χ4v) is 1.67. The molecule has 0 aliphatic heterocycles. The number of aliphatic carboxylic acids is 1. The van der Waals surface area contributed by atoms with E-state index in [4.69, 9.17) is 5.11 Å². The van der Waals surface area contributed by atoms with Gasteiger partial charge in [-0.05, 0) is 44.4 Å². The summed E-state index contributed by atoms with van der Waals surface area (Å²) in [4.78, 5) is 34.2. The fourth-order valence-electron chi connectivity index (χ4n) is 1.40. The van der Waals surface area contributed by atoms with E-state index >= 15 is 0 Å². The number of carboxylic acid groups (broad SMARTS) is 1. The molecule has 1 aromatic carbocycles. The Kier molecular flexibility index (Phi) is 6.23. The normalized spacial score (nSPS) is 13.1. The molecule has 1 rings (SSSR count). The van der Waals surface area contributed by atoms with Crippen molar-refractivity contribution >= 4 is 35.2 Å². The van der Waals surface area contributed by atoms with Crippen LogP contribution in [0.2, 0.25) is 0 Å². The lowest BCUT2D eigenvalue weighted by Crippen LogP contribution is -2.38. The van der Waals surface area contributed by atoms with Gasteiger partial charge in [-0.25, -0.2) is 0 Å². The lowest BCUT2D eigenvalue weighted by Gasteiger charge is -2.11. The Morgan fingerprint density at radius 3 is 2.19 bits per heavy atom. The number of rotatable bonds is 6. The van der Waals surface area contributed by atoms with E-state index in [2.05, 4.69) is 10.6 Å². The second-order valence-electron chi connectivity index (χ2n) is 4.48. The molecule has 0 aromatic heterocycles. The van der Waals surface area contributed by atoms with E-state index in [1.807, 2.05) is 6.26 Å². The molecule has 114 valence electrons. The second kappa shape index (κ2) is 7.68. The minimum absolute atomic E-state index is 0.112.